The second-order valence-corrected chi connectivity index (χ2v) is 8.89. The highest BCUT2D eigenvalue weighted by molar-refractivity contribution is 5.87. The van der Waals surface area contributed by atoms with Gasteiger partial charge in [0.15, 0.2) is 0 Å². The summed E-state index contributed by atoms with van der Waals surface area (Å²) in [5.41, 5.74) is -0.655. The molecule has 0 saturated carbocycles. The average Bonchev–Trinajstić information content (AvgIpc) is 2.62. The highest BCUT2D eigenvalue weighted by Gasteiger charge is 2.31. The summed E-state index contributed by atoms with van der Waals surface area (Å²) in [5.74, 6) is -1.53. The topological polar surface area (TPSA) is 137 Å². The number of carboxylic acid groups (broad SMARTS) is 1. The van der Waals surface area contributed by atoms with Crippen molar-refractivity contribution >= 4 is 18.0 Å². The van der Waals surface area contributed by atoms with Gasteiger partial charge in [-0.25, -0.2) is 9.59 Å². The molecule has 5 atom stereocenters. The van der Waals surface area contributed by atoms with Gasteiger partial charge >= 0.3 is 12.1 Å². The van der Waals surface area contributed by atoms with Crippen molar-refractivity contribution in [3.05, 3.63) is 0 Å². The third-order valence-electron chi connectivity index (χ3n) is 4.93. The monoisotopic (exact) mass is 431 g/mol. The van der Waals surface area contributed by atoms with Crippen LogP contribution in [0.3, 0.4) is 0 Å². The molecule has 176 valence electrons. The molecule has 0 heterocycles. The van der Waals surface area contributed by atoms with E-state index in [1.54, 1.807) is 20.8 Å². The van der Waals surface area contributed by atoms with E-state index in [-0.39, 0.29) is 24.9 Å². The van der Waals surface area contributed by atoms with E-state index < -0.39 is 41.8 Å². The minimum absolute atomic E-state index is 0.0826. The summed E-state index contributed by atoms with van der Waals surface area (Å²) >= 11 is 0. The number of aliphatic hydroxyl groups excluding tert-OH is 1. The molecular formula is C21H41N3O6. The first-order chi connectivity index (χ1) is 13.8. The molecule has 5 N–H and O–H groups in total. The smallest absolute Gasteiger partial charge is 0.408 e. The zero-order valence-electron chi connectivity index (χ0n) is 19.4. The molecule has 9 heteroatoms. The van der Waals surface area contributed by atoms with Crippen molar-refractivity contribution in [2.24, 2.45) is 11.8 Å². The summed E-state index contributed by atoms with van der Waals surface area (Å²) in [6.07, 6.45) is 0.948. The Morgan fingerprint density at radius 2 is 1.63 bits per heavy atom. The van der Waals surface area contributed by atoms with E-state index in [4.69, 9.17) is 9.84 Å². The van der Waals surface area contributed by atoms with Crippen LogP contribution in [0.25, 0.3) is 0 Å². The molecule has 3 unspecified atom stereocenters. The van der Waals surface area contributed by atoms with Gasteiger partial charge in [0.25, 0.3) is 0 Å². The van der Waals surface area contributed by atoms with E-state index in [0.29, 0.717) is 12.8 Å². The maximum absolute atomic E-state index is 12.9. The number of hydrogen-bond donors (Lipinski definition) is 5. The summed E-state index contributed by atoms with van der Waals surface area (Å²) in [7, 11) is 0. The Bertz CT molecular complexity index is 549. The van der Waals surface area contributed by atoms with Gasteiger partial charge in [0.05, 0.1) is 12.2 Å². The van der Waals surface area contributed by atoms with Gasteiger partial charge in [-0.05, 0) is 39.0 Å². The number of rotatable bonds is 13. The van der Waals surface area contributed by atoms with Crippen LogP contribution < -0.4 is 16.0 Å². The molecule has 0 rings (SSSR count). The number of carbonyl (C=O) groups is 3. The van der Waals surface area contributed by atoms with Crippen LogP contribution in [0.15, 0.2) is 0 Å². The Labute approximate surface area is 180 Å². The van der Waals surface area contributed by atoms with Crippen molar-refractivity contribution in [1.82, 2.24) is 16.0 Å². The number of alkyl carbamates (subject to hydrolysis) is 1. The fourth-order valence-corrected chi connectivity index (χ4v) is 2.79. The van der Waals surface area contributed by atoms with Crippen molar-refractivity contribution in [2.75, 3.05) is 6.61 Å². The summed E-state index contributed by atoms with van der Waals surface area (Å²) in [5, 5.41) is 26.8. The van der Waals surface area contributed by atoms with Gasteiger partial charge in [-0.1, -0.05) is 40.5 Å². The molecule has 0 fully saturated rings. The lowest BCUT2D eigenvalue weighted by Crippen LogP contribution is -2.59. The van der Waals surface area contributed by atoms with E-state index in [0.717, 1.165) is 6.42 Å². The molecule has 0 bridgehead atoms. The van der Waals surface area contributed by atoms with E-state index in [9.17, 15) is 19.5 Å². The third-order valence-corrected chi connectivity index (χ3v) is 4.93. The number of amides is 2. The minimum atomic E-state index is -1.21. The van der Waals surface area contributed by atoms with Gasteiger partial charge in [0.1, 0.15) is 11.6 Å². The lowest BCUT2D eigenvalue weighted by Gasteiger charge is -2.32. The van der Waals surface area contributed by atoms with Crippen molar-refractivity contribution in [3.8, 4) is 0 Å². The number of hydrogen-bond acceptors (Lipinski definition) is 6. The highest BCUT2D eigenvalue weighted by atomic mass is 16.6. The standard InChI is InChI=1S/C21H41N3O6/c1-8-13(3)12-16(24-20(29)30-21(5,6)7)23-17(14(4)9-2)18(26)22-15(10-11-25)19(27)28/h13-17,23,25H,8-12H2,1-7H3,(H,22,26)(H,24,29)(H,27,28)/t13?,14-,15?,16?,17-/m0/s1. The number of nitrogens with one attached hydrogen (secondary N) is 3. The number of carbonyl (C=O) groups excluding carboxylic acids is 2. The SMILES string of the molecule is CCC(C)CC(NC(=O)OC(C)(C)C)N[C@H](C(=O)NC(CCO)C(=O)O)[C@@H](C)CC. The molecule has 0 aliphatic heterocycles. The molecule has 2 amide bonds. The number of aliphatic hydroxyl groups is 1. The second kappa shape index (κ2) is 13.4. The highest BCUT2D eigenvalue weighted by Crippen LogP contribution is 2.15. The van der Waals surface area contributed by atoms with Crippen LogP contribution in [-0.4, -0.2) is 58.6 Å². The van der Waals surface area contributed by atoms with Crippen LogP contribution in [-0.2, 0) is 14.3 Å². The first kappa shape index (κ1) is 28.1. The first-order valence-electron chi connectivity index (χ1n) is 10.7. The van der Waals surface area contributed by atoms with Crippen molar-refractivity contribution in [1.29, 1.82) is 0 Å². The summed E-state index contributed by atoms with van der Waals surface area (Å²) in [4.78, 5) is 36.5. The Kier molecular flexibility index (Phi) is 12.6. The Morgan fingerprint density at radius 1 is 1.03 bits per heavy atom. The molecule has 0 spiro atoms. The van der Waals surface area contributed by atoms with Gasteiger partial charge in [0.2, 0.25) is 5.91 Å². The molecule has 30 heavy (non-hydrogen) atoms. The number of ether oxygens (including phenoxy) is 1. The van der Waals surface area contributed by atoms with Crippen molar-refractivity contribution in [3.63, 3.8) is 0 Å². The zero-order chi connectivity index (χ0) is 23.5. The van der Waals surface area contributed by atoms with Crippen LogP contribution in [0.4, 0.5) is 4.79 Å². The van der Waals surface area contributed by atoms with Crippen molar-refractivity contribution in [2.45, 2.75) is 98.0 Å². The third kappa shape index (κ3) is 11.3. The lowest BCUT2D eigenvalue weighted by molar-refractivity contribution is -0.142. The quantitative estimate of drug-likeness (QED) is 0.282. The van der Waals surface area contributed by atoms with E-state index in [1.165, 1.54) is 0 Å². The minimum Gasteiger partial charge on any atom is -0.480 e. The largest absolute Gasteiger partial charge is 0.480 e. The normalized spacial score (nSPS) is 16.7. The van der Waals surface area contributed by atoms with Gasteiger partial charge in [-0.2, -0.15) is 0 Å². The number of carboxylic acids is 1. The van der Waals surface area contributed by atoms with Crippen LogP contribution in [0.2, 0.25) is 0 Å². The Balaban J connectivity index is 5.48. The summed E-state index contributed by atoms with van der Waals surface area (Å²) in [6.45, 7) is 12.9. The molecule has 0 aliphatic rings. The van der Waals surface area contributed by atoms with E-state index >= 15 is 0 Å². The molecule has 0 aromatic heterocycles. The summed E-state index contributed by atoms with van der Waals surface area (Å²) in [6, 6.07) is -1.90. The predicted molar refractivity (Wildman–Crippen MR) is 115 cm³/mol. The first-order valence-corrected chi connectivity index (χ1v) is 10.7. The maximum Gasteiger partial charge on any atom is 0.408 e. The summed E-state index contributed by atoms with van der Waals surface area (Å²) < 4.78 is 5.34. The molecule has 0 aromatic carbocycles. The van der Waals surface area contributed by atoms with Crippen LogP contribution in [0.1, 0.15) is 74.1 Å². The maximum atomic E-state index is 12.9. The van der Waals surface area contributed by atoms with Gasteiger partial charge < -0.3 is 25.6 Å². The van der Waals surface area contributed by atoms with Gasteiger partial charge in [0, 0.05) is 13.0 Å². The average molecular weight is 432 g/mol. The van der Waals surface area contributed by atoms with Crippen LogP contribution in [0, 0.1) is 11.8 Å². The molecule has 9 nitrogen and oxygen atoms in total. The predicted octanol–water partition coefficient (Wildman–Crippen LogP) is 2.23. The Morgan fingerprint density at radius 3 is 2.07 bits per heavy atom. The fourth-order valence-electron chi connectivity index (χ4n) is 2.79. The van der Waals surface area contributed by atoms with Gasteiger partial charge in [-0.15, -0.1) is 0 Å². The van der Waals surface area contributed by atoms with Crippen LogP contribution in [0.5, 0.6) is 0 Å². The van der Waals surface area contributed by atoms with Gasteiger partial charge in [-0.3, -0.25) is 10.1 Å². The molecule has 0 saturated heterocycles. The van der Waals surface area contributed by atoms with E-state index in [1.807, 2.05) is 27.7 Å². The molecule has 0 radical (unpaired) electrons. The fraction of sp³-hybridized carbons (Fsp3) is 0.857. The molecule has 0 aliphatic carbocycles. The Hall–Kier alpha value is -1.87. The lowest BCUT2D eigenvalue weighted by atomic mass is 9.96. The number of aliphatic carboxylic acids is 1. The van der Waals surface area contributed by atoms with Crippen LogP contribution >= 0.6 is 0 Å². The molecular weight excluding hydrogens is 390 g/mol. The van der Waals surface area contributed by atoms with E-state index in [2.05, 4.69) is 16.0 Å². The molecule has 0 aromatic rings. The second-order valence-electron chi connectivity index (χ2n) is 8.89. The zero-order valence-corrected chi connectivity index (χ0v) is 19.4. The van der Waals surface area contributed by atoms with Crippen molar-refractivity contribution < 1.29 is 29.3 Å².